The van der Waals surface area contributed by atoms with Crippen LogP contribution in [0.1, 0.15) is 52.7 Å². The molecule has 0 spiro atoms. The van der Waals surface area contributed by atoms with E-state index in [2.05, 4.69) is 13.8 Å². The van der Waals surface area contributed by atoms with Gasteiger partial charge in [-0.25, -0.2) is 0 Å². The molecule has 0 unspecified atom stereocenters. The molecule has 2 heterocycles. The Balaban J connectivity index is 1.99. The Bertz CT molecular complexity index is 524. The molecule has 1 aliphatic rings. The lowest BCUT2D eigenvalue weighted by Gasteiger charge is -2.32. The van der Waals surface area contributed by atoms with Crippen molar-refractivity contribution in [3.63, 3.8) is 0 Å². The number of likely N-dealkylation sites (tertiary alicyclic amines) is 1. The van der Waals surface area contributed by atoms with Crippen LogP contribution in [-0.4, -0.2) is 35.0 Å². The smallest absolute Gasteiger partial charge is 0.303 e. The molecule has 1 fully saturated rings. The van der Waals surface area contributed by atoms with Crippen molar-refractivity contribution in [3.05, 3.63) is 21.4 Å². The van der Waals surface area contributed by atoms with Crippen molar-refractivity contribution in [2.75, 3.05) is 13.1 Å². The van der Waals surface area contributed by atoms with Gasteiger partial charge in [0.1, 0.15) is 0 Å². The lowest BCUT2D eigenvalue weighted by atomic mass is 9.93. The maximum atomic E-state index is 12.6. The number of hydrogen-bond donors (Lipinski definition) is 1. The molecule has 1 atom stereocenters. The highest BCUT2D eigenvalue weighted by molar-refractivity contribution is 7.14. The lowest BCUT2D eigenvalue weighted by molar-refractivity contribution is -0.137. The third-order valence-electron chi connectivity index (χ3n) is 4.13. The van der Waals surface area contributed by atoms with Crippen LogP contribution in [0.2, 0.25) is 0 Å². The zero-order valence-corrected chi connectivity index (χ0v) is 13.5. The maximum absolute atomic E-state index is 12.6. The molecule has 2 rings (SSSR count). The summed E-state index contributed by atoms with van der Waals surface area (Å²) in [6.07, 6.45) is 3.83. The van der Waals surface area contributed by atoms with Crippen molar-refractivity contribution < 1.29 is 14.7 Å². The summed E-state index contributed by atoms with van der Waals surface area (Å²) in [5, 5.41) is 8.78. The summed E-state index contributed by atoms with van der Waals surface area (Å²) in [4.78, 5) is 27.3. The van der Waals surface area contributed by atoms with E-state index in [1.807, 2.05) is 11.0 Å². The van der Waals surface area contributed by atoms with Gasteiger partial charge < -0.3 is 10.0 Å². The van der Waals surface area contributed by atoms with Crippen molar-refractivity contribution in [1.82, 2.24) is 4.90 Å². The zero-order valence-electron chi connectivity index (χ0n) is 12.7. The average Bonchev–Trinajstić information content (AvgIpc) is 2.85. The van der Waals surface area contributed by atoms with Gasteiger partial charge in [0.15, 0.2) is 0 Å². The first kappa shape index (κ1) is 16.0. The SMILES string of the molecule is CCc1sc(C(=O)N2CCC[C@H](CCC(=O)O)C2)cc1C. The van der Waals surface area contributed by atoms with Crippen LogP contribution in [0.5, 0.6) is 0 Å². The van der Waals surface area contributed by atoms with Crippen LogP contribution in [0, 0.1) is 12.8 Å². The highest BCUT2D eigenvalue weighted by atomic mass is 32.1. The van der Waals surface area contributed by atoms with Gasteiger partial charge in [-0.1, -0.05) is 6.92 Å². The molecule has 1 aromatic rings. The molecule has 1 amide bonds. The van der Waals surface area contributed by atoms with E-state index in [-0.39, 0.29) is 12.3 Å². The minimum absolute atomic E-state index is 0.114. The van der Waals surface area contributed by atoms with Crippen LogP contribution in [-0.2, 0) is 11.2 Å². The molecule has 1 saturated heterocycles. The second kappa shape index (κ2) is 7.07. The molecule has 116 valence electrons. The van der Waals surface area contributed by atoms with E-state index in [1.165, 1.54) is 10.4 Å². The van der Waals surface area contributed by atoms with Crippen molar-refractivity contribution in [3.8, 4) is 0 Å². The summed E-state index contributed by atoms with van der Waals surface area (Å²) in [7, 11) is 0. The minimum Gasteiger partial charge on any atom is -0.481 e. The molecular formula is C16H23NO3S. The average molecular weight is 309 g/mol. The maximum Gasteiger partial charge on any atom is 0.303 e. The number of carbonyl (C=O) groups excluding carboxylic acids is 1. The van der Waals surface area contributed by atoms with Crippen molar-refractivity contribution in [2.45, 2.75) is 46.0 Å². The quantitative estimate of drug-likeness (QED) is 0.907. The van der Waals surface area contributed by atoms with E-state index in [9.17, 15) is 9.59 Å². The van der Waals surface area contributed by atoms with Crippen LogP contribution in [0.15, 0.2) is 6.07 Å². The number of rotatable bonds is 5. The Kier molecular flexibility index (Phi) is 5.39. The lowest BCUT2D eigenvalue weighted by Crippen LogP contribution is -2.39. The van der Waals surface area contributed by atoms with Gasteiger partial charge in [-0.2, -0.15) is 0 Å². The number of carbonyl (C=O) groups is 2. The molecule has 0 bridgehead atoms. The molecule has 1 N–H and O–H groups in total. The monoisotopic (exact) mass is 309 g/mol. The first-order valence-corrected chi connectivity index (χ1v) is 8.43. The van der Waals surface area contributed by atoms with E-state index < -0.39 is 5.97 Å². The molecule has 1 aliphatic heterocycles. The van der Waals surface area contributed by atoms with Gasteiger partial charge in [0.25, 0.3) is 5.91 Å². The molecule has 0 saturated carbocycles. The largest absolute Gasteiger partial charge is 0.481 e. The number of piperidine rings is 1. The molecule has 0 aromatic carbocycles. The van der Waals surface area contributed by atoms with Crippen molar-refractivity contribution >= 4 is 23.2 Å². The summed E-state index contributed by atoms with van der Waals surface area (Å²) >= 11 is 1.60. The summed E-state index contributed by atoms with van der Waals surface area (Å²) in [6.45, 7) is 5.65. The minimum atomic E-state index is -0.750. The third-order valence-corrected chi connectivity index (χ3v) is 5.49. The normalized spacial score (nSPS) is 18.8. The van der Waals surface area contributed by atoms with Gasteiger partial charge in [-0.15, -0.1) is 11.3 Å². The molecule has 21 heavy (non-hydrogen) atoms. The molecule has 0 radical (unpaired) electrons. The second-order valence-electron chi connectivity index (χ2n) is 5.76. The fourth-order valence-electron chi connectivity index (χ4n) is 2.94. The summed E-state index contributed by atoms with van der Waals surface area (Å²) < 4.78 is 0. The van der Waals surface area contributed by atoms with Crippen LogP contribution in [0.3, 0.4) is 0 Å². The van der Waals surface area contributed by atoms with E-state index in [4.69, 9.17) is 5.11 Å². The third kappa shape index (κ3) is 4.06. The molecule has 5 heteroatoms. The first-order chi connectivity index (χ1) is 10.0. The van der Waals surface area contributed by atoms with Crippen LogP contribution in [0.25, 0.3) is 0 Å². The number of aryl methyl sites for hydroxylation is 2. The standard InChI is InChI=1S/C16H23NO3S/c1-3-13-11(2)9-14(21-13)16(20)17-8-4-5-12(10-17)6-7-15(18)19/h9,12H,3-8,10H2,1-2H3,(H,18,19)/t12-/m1/s1. The van der Waals surface area contributed by atoms with Crippen LogP contribution in [0.4, 0.5) is 0 Å². The van der Waals surface area contributed by atoms with Crippen molar-refractivity contribution in [1.29, 1.82) is 0 Å². The Morgan fingerprint density at radius 1 is 1.48 bits per heavy atom. The number of amides is 1. The summed E-state index contributed by atoms with van der Waals surface area (Å²) in [6, 6.07) is 1.99. The van der Waals surface area contributed by atoms with Crippen molar-refractivity contribution in [2.24, 2.45) is 5.92 Å². The molecule has 4 nitrogen and oxygen atoms in total. The predicted molar refractivity (Wildman–Crippen MR) is 83.9 cm³/mol. The number of nitrogens with zero attached hydrogens (tertiary/aromatic N) is 1. The highest BCUT2D eigenvalue weighted by Crippen LogP contribution is 2.27. The van der Waals surface area contributed by atoms with Gasteiger partial charge in [0.2, 0.25) is 0 Å². The van der Waals surface area contributed by atoms with Gasteiger partial charge >= 0.3 is 5.97 Å². The highest BCUT2D eigenvalue weighted by Gasteiger charge is 2.26. The van der Waals surface area contributed by atoms with E-state index in [1.54, 1.807) is 11.3 Å². The Hall–Kier alpha value is -1.36. The summed E-state index contributed by atoms with van der Waals surface area (Å²) in [5.74, 6) is -0.312. The van der Waals surface area contributed by atoms with Gasteiger partial charge in [-0.05, 0) is 50.2 Å². The molecule has 0 aliphatic carbocycles. The summed E-state index contributed by atoms with van der Waals surface area (Å²) in [5.41, 5.74) is 1.20. The zero-order chi connectivity index (χ0) is 15.4. The van der Waals surface area contributed by atoms with Gasteiger partial charge in [0.05, 0.1) is 4.88 Å². The van der Waals surface area contributed by atoms with E-state index in [0.29, 0.717) is 18.9 Å². The fourth-order valence-corrected chi connectivity index (χ4v) is 4.03. The van der Waals surface area contributed by atoms with E-state index in [0.717, 1.165) is 30.7 Å². The van der Waals surface area contributed by atoms with Gasteiger partial charge in [-0.3, -0.25) is 9.59 Å². The topological polar surface area (TPSA) is 57.6 Å². The number of thiophene rings is 1. The molecular weight excluding hydrogens is 286 g/mol. The predicted octanol–water partition coefficient (Wildman–Crippen LogP) is 3.34. The van der Waals surface area contributed by atoms with Crippen LogP contribution >= 0.6 is 11.3 Å². The molecule has 1 aromatic heterocycles. The van der Waals surface area contributed by atoms with E-state index >= 15 is 0 Å². The Morgan fingerprint density at radius 3 is 2.86 bits per heavy atom. The number of carboxylic acids is 1. The van der Waals surface area contributed by atoms with Gasteiger partial charge in [0, 0.05) is 24.4 Å². The number of hydrogen-bond acceptors (Lipinski definition) is 3. The number of carboxylic acid groups (broad SMARTS) is 1. The number of aliphatic carboxylic acids is 1. The second-order valence-corrected chi connectivity index (χ2v) is 6.90. The van der Waals surface area contributed by atoms with Crippen LogP contribution < -0.4 is 0 Å². The first-order valence-electron chi connectivity index (χ1n) is 7.61. The fraction of sp³-hybridized carbons (Fsp3) is 0.625. The Labute approximate surface area is 129 Å². The Morgan fingerprint density at radius 2 is 2.24 bits per heavy atom.